The van der Waals surface area contributed by atoms with Crippen molar-refractivity contribution in [1.82, 2.24) is 5.32 Å². The van der Waals surface area contributed by atoms with E-state index in [-0.39, 0.29) is 17.2 Å². The zero-order chi connectivity index (χ0) is 18.4. The largest absolute Gasteiger partial charge is 0.492 e. The molecule has 134 valence electrons. The summed E-state index contributed by atoms with van der Waals surface area (Å²) in [5, 5.41) is 5.87. The van der Waals surface area contributed by atoms with E-state index in [4.69, 9.17) is 17.0 Å². The van der Waals surface area contributed by atoms with Crippen molar-refractivity contribution in [2.24, 2.45) is 0 Å². The monoisotopic (exact) mass is 372 g/mol. The van der Waals surface area contributed by atoms with Crippen LogP contribution in [0.2, 0.25) is 0 Å². The van der Waals surface area contributed by atoms with Crippen molar-refractivity contribution in [3.8, 4) is 5.75 Å². The number of ether oxygens (including phenoxy) is 1. The molecule has 0 atom stereocenters. The normalized spacial score (nSPS) is 11.1. The summed E-state index contributed by atoms with van der Waals surface area (Å²) in [6, 6.07) is 9.52. The van der Waals surface area contributed by atoms with Gasteiger partial charge in [0.1, 0.15) is 11.6 Å². The lowest BCUT2D eigenvalue weighted by Gasteiger charge is -2.15. The summed E-state index contributed by atoms with van der Waals surface area (Å²) in [5.74, 6) is -0.338. The predicted molar refractivity (Wildman–Crippen MR) is 92.1 cm³/mol. The summed E-state index contributed by atoms with van der Waals surface area (Å²) in [5.41, 5.74) is -0.315. The van der Waals surface area contributed by atoms with E-state index in [1.165, 1.54) is 0 Å². The van der Waals surface area contributed by atoms with E-state index in [0.717, 1.165) is 12.1 Å². The minimum absolute atomic E-state index is 0.0490. The quantitative estimate of drug-likeness (QED) is 0.587. The van der Waals surface area contributed by atoms with E-state index in [0.29, 0.717) is 24.1 Å². The first-order valence-corrected chi connectivity index (χ1v) is 7.84. The Kier molecular flexibility index (Phi) is 6.19. The summed E-state index contributed by atoms with van der Waals surface area (Å²) < 4.78 is 56.8. The third kappa shape index (κ3) is 5.32. The first-order chi connectivity index (χ1) is 11.8. The molecule has 0 radical (unpaired) electrons. The van der Waals surface area contributed by atoms with Crippen molar-refractivity contribution in [3.05, 3.63) is 59.4 Å². The van der Waals surface area contributed by atoms with Gasteiger partial charge in [0.05, 0.1) is 17.9 Å². The van der Waals surface area contributed by atoms with Crippen LogP contribution < -0.4 is 15.4 Å². The van der Waals surface area contributed by atoms with Crippen molar-refractivity contribution < 1.29 is 22.3 Å². The molecule has 0 aliphatic heterocycles. The van der Waals surface area contributed by atoms with Crippen molar-refractivity contribution in [2.75, 3.05) is 11.9 Å². The molecule has 0 aliphatic carbocycles. The fourth-order valence-corrected chi connectivity index (χ4v) is 2.24. The SMILES string of the molecule is CCOc1ccccc1NC(=S)NCc1ccc(C(F)(F)F)cc1F. The summed E-state index contributed by atoms with van der Waals surface area (Å²) in [4.78, 5) is 0. The van der Waals surface area contributed by atoms with Gasteiger partial charge in [0, 0.05) is 12.1 Å². The Bertz CT molecular complexity index is 750. The zero-order valence-electron chi connectivity index (χ0n) is 13.3. The van der Waals surface area contributed by atoms with Gasteiger partial charge in [-0.2, -0.15) is 13.2 Å². The number of hydrogen-bond donors (Lipinski definition) is 2. The van der Waals surface area contributed by atoms with Crippen LogP contribution in [0.4, 0.5) is 23.2 Å². The van der Waals surface area contributed by atoms with E-state index < -0.39 is 17.6 Å². The van der Waals surface area contributed by atoms with E-state index in [2.05, 4.69) is 10.6 Å². The molecule has 0 heterocycles. The van der Waals surface area contributed by atoms with Gasteiger partial charge in [-0.15, -0.1) is 0 Å². The Morgan fingerprint density at radius 2 is 1.88 bits per heavy atom. The third-order valence-corrected chi connectivity index (χ3v) is 3.50. The number of halogens is 4. The smallest absolute Gasteiger partial charge is 0.416 e. The Hall–Kier alpha value is -2.35. The molecule has 3 nitrogen and oxygen atoms in total. The van der Waals surface area contributed by atoms with Crippen molar-refractivity contribution in [3.63, 3.8) is 0 Å². The van der Waals surface area contributed by atoms with Crippen molar-refractivity contribution >= 4 is 23.0 Å². The summed E-state index contributed by atoms with van der Waals surface area (Å²) in [6.07, 6.45) is -4.58. The van der Waals surface area contributed by atoms with Crippen LogP contribution in [0, 0.1) is 5.82 Å². The molecule has 2 aromatic carbocycles. The average Bonchev–Trinajstić information content (AvgIpc) is 2.55. The molecule has 2 rings (SSSR count). The summed E-state index contributed by atoms with van der Waals surface area (Å²) in [6.45, 7) is 2.28. The van der Waals surface area contributed by atoms with Gasteiger partial charge in [0.25, 0.3) is 0 Å². The summed E-state index contributed by atoms with van der Waals surface area (Å²) in [7, 11) is 0. The van der Waals surface area contributed by atoms with Crippen LogP contribution in [0.25, 0.3) is 0 Å². The molecular weight excluding hydrogens is 356 g/mol. The first kappa shape index (κ1) is 19.0. The molecule has 0 unspecified atom stereocenters. The predicted octanol–water partition coefficient (Wildman–Crippen LogP) is 4.73. The van der Waals surface area contributed by atoms with Gasteiger partial charge in [0.15, 0.2) is 5.11 Å². The van der Waals surface area contributed by atoms with Crippen LogP contribution in [0.3, 0.4) is 0 Å². The van der Waals surface area contributed by atoms with E-state index in [1.807, 2.05) is 13.0 Å². The molecule has 2 aromatic rings. The lowest BCUT2D eigenvalue weighted by atomic mass is 10.1. The molecular formula is C17H16F4N2OS. The maximum absolute atomic E-state index is 13.8. The van der Waals surface area contributed by atoms with Gasteiger partial charge in [-0.25, -0.2) is 4.39 Å². The number of hydrogen-bond acceptors (Lipinski definition) is 2. The highest BCUT2D eigenvalue weighted by molar-refractivity contribution is 7.80. The number of alkyl halides is 3. The number of rotatable bonds is 5. The zero-order valence-corrected chi connectivity index (χ0v) is 14.1. The second kappa shape index (κ2) is 8.15. The average molecular weight is 372 g/mol. The second-order valence-corrected chi connectivity index (χ2v) is 5.45. The lowest BCUT2D eigenvalue weighted by Crippen LogP contribution is -2.28. The fourth-order valence-electron chi connectivity index (χ4n) is 2.06. The molecule has 0 spiro atoms. The molecule has 25 heavy (non-hydrogen) atoms. The molecule has 0 aromatic heterocycles. The van der Waals surface area contributed by atoms with Crippen LogP contribution in [0.5, 0.6) is 5.75 Å². The lowest BCUT2D eigenvalue weighted by molar-refractivity contribution is -0.137. The van der Waals surface area contributed by atoms with Crippen LogP contribution in [-0.4, -0.2) is 11.7 Å². The molecule has 8 heteroatoms. The highest BCUT2D eigenvalue weighted by atomic mass is 32.1. The highest BCUT2D eigenvalue weighted by Gasteiger charge is 2.31. The maximum Gasteiger partial charge on any atom is 0.416 e. The fraction of sp³-hybridized carbons (Fsp3) is 0.235. The minimum Gasteiger partial charge on any atom is -0.492 e. The standard InChI is InChI=1S/C17H16F4N2OS/c1-2-24-15-6-4-3-5-14(15)23-16(25)22-10-11-7-8-12(9-13(11)18)17(19,20)21/h3-9H,2,10H2,1H3,(H2,22,23,25). The minimum atomic E-state index is -4.58. The molecule has 0 bridgehead atoms. The molecule has 0 fully saturated rings. The van der Waals surface area contributed by atoms with Crippen molar-refractivity contribution in [2.45, 2.75) is 19.6 Å². The molecule has 0 aliphatic rings. The number of benzene rings is 2. The Morgan fingerprint density at radius 1 is 1.16 bits per heavy atom. The molecule has 0 amide bonds. The molecule has 2 N–H and O–H groups in total. The van der Waals surface area contributed by atoms with Crippen LogP contribution in [-0.2, 0) is 12.7 Å². The van der Waals surface area contributed by atoms with Crippen molar-refractivity contribution in [1.29, 1.82) is 0 Å². The Balaban J connectivity index is 1.99. The number of anilines is 1. The van der Waals surface area contributed by atoms with Gasteiger partial charge in [-0.3, -0.25) is 0 Å². The number of thiocarbonyl (C=S) groups is 1. The van der Waals surface area contributed by atoms with Gasteiger partial charge < -0.3 is 15.4 Å². The third-order valence-electron chi connectivity index (χ3n) is 3.25. The van der Waals surface area contributed by atoms with Gasteiger partial charge in [-0.05, 0) is 43.4 Å². The van der Waals surface area contributed by atoms with E-state index >= 15 is 0 Å². The Labute approximate surface area is 148 Å². The number of nitrogens with one attached hydrogen (secondary N) is 2. The maximum atomic E-state index is 13.8. The van der Waals surface area contributed by atoms with Gasteiger partial charge in [0.2, 0.25) is 0 Å². The second-order valence-electron chi connectivity index (χ2n) is 5.04. The van der Waals surface area contributed by atoms with E-state index in [1.54, 1.807) is 18.2 Å². The first-order valence-electron chi connectivity index (χ1n) is 7.43. The Morgan fingerprint density at radius 3 is 2.52 bits per heavy atom. The van der Waals surface area contributed by atoms with E-state index in [9.17, 15) is 17.6 Å². The number of para-hydroxylation sites is 2. The van der Waals surface area contributed by atoms with Gasteiger partial charge >= 0.3 is 6.18 Å². The summed E-state index contributed by atoms with van der Waals surface area (Å²) >= 11 is 5.13. The van der Waals surface area contributed by atoms with Crippen LogP contribution in [0.1, 0.15) is 18.1 Å². The van der Waals surface area contributed by atoms with Crippen LogP contribution in [0.15, 0.2) is 42.5 Å². The topological polar surface area (TPSA) is 33.3 Å². The van der Waals surface area contributed by atoms with Gasteiger partial charge in [-0.1, -0.05) is 18.2 Å². The molecule has 0 saturated carbocycles. The van der Waals surface area contributed by atoms with Crippen LogP contribution >= 0.6 is 12.2 Å². The molecule has 0 saturated heterocycles. The highest BCUT2D eigenvalue weighted by Crippen LogP contribution is 2.30.